The Kier molecular flexibility index (Phi) is 4.98. The van der Waals surface area contributed by atoms with Gasteiger partial charge < -0.3 is 14.2 Å². The van der Waals surface area contributed by atoms with Crippen LogP contribution in [0.25, 0.3) is 11.2 Å². The molecule has 148 valence electrons. The van der Waals surface area contributed by atoms with Crippen LogP contribution in [-0.4, -0.2) is 43.8 Å². The molecule has 1 fully saturated rings. The van der Waals surface area contributed by atoms with Crippen molar-refractivity contribution in [3.8, 4) is 6.07 Å². The average molecular weight is 385 g/mol. The van der Waals surface area contributed by atoms with E-state index in [2.05, 4.69) is 4.98 Å². The summed E-state index contributed by atoms with van der Waals surface area (Å²) in [6, 6.07) is 4.81. The van der Waals surface area contributed by atoms with E-state index < -0.39 is 22.8 Å². The summed E-state index contributed by atoms with van der Waals surface area (Å²) in [6.07, 6.45) is 0.580. The first-order chi connectivity index (χ1) is 13.1. The zero-order chi connectivity index (χ0) is 20.6. The van der Waals surface area contributed by atoms with Gasteiger partial charge in [0, 0.05) is 26.2 Å². The van der Waals surface area contributed by atoms with Crippen molar-refractivity contribution in [1.29, 1.82) is 5.26 Å². The van der Waals surface area contributed by atoms with E-state index in [1.54, 1.807) is 11.0 Å². The molecule has 0 radical (unpaired) electrons. The van der Waals surface area contributed by atoms with E-state index in [-0.39, 0.29) is 11.7 Å². The van der Waals surface area contributed by atoms with E-state index in [9.17, 15) is 14.4 Å². The fourth-order valence-electron chi connectivity index (χ4n) is 3.37. The van der Waals surface area contributed by atoms with E-state index in [1.165, 1.54) is 22.2 Å². The molecular formula is C19H23N5O4. The predicted molar refractivity (Wildman–Crippen MR) is 102 cm³/mol. The number of piperidine rings is 1. The van der Waals surface area contributed by atoms with Gasteiger partial charge in [0.15, 0.2) is 5.65 Å². The molecular weight excluding hydrogens is 362 g/mol. The number of carbonyl (C=O) groups is 1. The maximum atomic E-state index is 12.7. The predicted octanol–water partition coefficient (Wildman–Crippen LogP) is 1.54. The van der Waals surface area contributed by atoms with Crippen LogP contribution >= 0.6 is 0 Å². The quantitative estimate of drug-likeness (QED) is 0.689. The highest BCUT2D eigenvalue weighted by molar-refractivity contribution is 5.72. The third kappa shape index (κ3) is 3.63. The third-order valence-electron chi connectivity index (χ3n) is 4.75. The van der Waals surface area contributed by atoms with Crippen LogP contribution in [0.4, 0.5) is 4.79 Å². The Morgan fingerprint density at radius 2 is 1.86 bits per heavy atom. The summed E-state index contributed by atoms with van der Waals surface area (Å²) >= 11 is 0. The van der Waals surface area contributed by atoms with Crippen molar-refractivity contribution < 1.29 is 9.53 Å². The maximum Gasteiger partial charge on any atom is 0.410 e. The Labute approximate surface area is 161 Å². The fraction of sp³-hybridized carbons (Fsp3) is 0.526. The van der Waals surface area contributed by atoms with Crippen molar-refractivity contribution in [3.05, 3.63) is 38.5 Å². The number of nitrogens with zero attached hydrogens (tertiary/aromatic N) is 5. The highest BCUT2D eigenvalue weighted by atomic mass is 16.6. The number of likely N-dealkylation sites (tertiary alicyclic amines) is 1. The van der Waals surface area contributed by atoms with E-state index >= 15 is 0 Å². The lowest BCUT2D eigenvalue weighted by Gasteiger charge is -2.34. The van der Waals surface area contributed by atoms with Crippen molar-refractivity contribution in [1.82, 2.24) is 19.0 Å². The first-order valence-corrected chi connectivity index (χ1v) is 9.12. The van der Waals surface area contributed by atoms with Crippen LogP contribution < -0.4 is 11.1 Å². The Balaban J connectivity index is 1.95. The lowest BCUT2D eigenvalue weighted by atomic mass is 10.0. The largest absolute Gasteiger partial charge is 0.444 e. The second kappa shape index (κ2) is 7.11. The van der Waals surface area contributed by atoms with Gasteiger partial charge in [-0.1, -0.05) is 0 Å². The molecule has 9 nitrogen and oxygen atoms in total. The van der Waals surface area contributed by atoms with E-state index in [4.69, 9.17) is 10.00 Å². The molecule has 2 aromatic rings. The fourth-order valence-corrected chi connectivity index (χ4v) is 3.37. The maximum absolute atomic E-state index is 12.7. The van der Waals surface area contributed by atoms with Crippen LogP contribution in [0.3, 0.4) is 0 Å². The number of aryl methyl sites for hydroxylation is 1. The van der Waals surface area contributed by atoms with Crippen molar-refractivity contribution in [3.63, 3.8) is 0 Å². The average Bonchev–Trinajstić information content (AvgIpc) is 2.65. The van der Waals surface area contributed by atoms with Crippen LogP contribution in [-0.2, 0) is 11.8 Å². The number of ether oxygens (including phenoxy) is 1. The molecule has 0 unspecified atom stereocenters. The number of carbonyl (C=O) groups excluding carboxylic acids is 1. The van der Waals surface area contributed by atoms with E-state index in [0.717, 1.165) is 0 Å². The molecule has 0 aliphatic carbocycles. The minimum absolute atomic E-state index is 0.172. The third-order valence-corrected chi connectivity index (χ3v) is 4.75. The topological polar surface area (TPSA) is 110 Å². The summed E-state index contributed by atoms with van der Waals surface area (Å²) < 4.78 is 8.02. The molecule has 28 heavy (non-hydrogen) atoms. The van der Waals surface area contributed by atoms with Gasteiger partial charge >= 0.3 is 17.2 Å². The minimum Gasteiger partial charge on any atom is -0.444 e. The summed E-state index contributed by atoms with van der Waals surface area (Å²) in [4.78, 5) is 43.2. The SMILES string of the molecule is Cn1c(=O)c(=O)n(C2CCN(C(=O)OC(C)(C)C)CC2)c2nc(C#N)ccc21. The van der Waals surface area contributed by atoms with Crippen LogP contribution in [0, 0.1) is 11.3 Å². The Hall–Kier alpha value is -3.15. The van der Waals surface area contributed by atoms with Gasteiger partial charge in [-0.3, -0.25) is 14.2 Å². The highest BCUT2D eigenvalue weighted by Gasteiger charge is 2.29. The van der Waals surface area contributed by atoms with Gasteiger partial charge in [-0.2, -0.15) is 5.26 Å². The smallest absolute Gasteiger partial charge is 0.410 e. The molecule has 3 rings (SSSR count). The lowest BCUT2D eigenvalue weighted by Crippen LogP contribution is -2.46. The molecule has 0 aromatic carbocycles. The number of hydrogen-bond acceptors (Lipinski definition) is 6. The first kappa shape index (κ1) is 19.6. The monoisotopic (exact) mass is 385 g/mol. The van der Waals surface area contributed by atoms with Crippen LogP contribution in [0.15, 0.2) is 21.7 Å². The van der Waals surface area contributed by atoms with Crippen molar-refractivity contribution in [2.24, 2.45) is 7.05 Å². The molecule has 1 aliphatic heterocycles. The molecule has 0 spiro atoms. The molecule has 0 atom stereocenters. The molecule has 9 heteroatoms. The Bertz CT molecular complexity index is 1080. The van der Waals surface area contributed by atoms with Gasteiger partial charge in [-0.05, 0) is 45.7 Å². The van der Waals surface area contributed by atoms with Gasteiger partial charge in [-0.15, -0.1) is 0 Å². The number of hydrogen-bond donors (Lipinski definition) is 0. The summed E-state index contributed by atoms with van der Waals surface area (Å²) in [6.45, 7) is 6.23. The second-order valence-electron chi connectivity index (χ2n) is 7.89. The summed E-state index contributed by atoms with van der Waals surface area (Å²) in [5.41, 5.74) is -0.933. The number of pyridine rings is 1. The zero-order valence-corrected chi connectivity index (χ0v) is 16.4. The van der Waals surface area contributed by atoms with Crippen molar-refractivity contribution in [2.45, 2.75) is 45.3 Å². The molecule has 2 aromatic heterocycles. The van der Waals surface area contributed by atoms with Gasteiger partial charge in [0.05, 0.1) is 5.52 Å². The first-order valence-electron chi connectivity index (χ1n) is 9.12. The van der Waals surface area contributed by atoms with E-state index in [1.807, 2.05) is 26.8 Å². The molecule has 3 heterocycles. The molecule has 0 saturated carbocycles. The molecule has 0 bridgehead atoms. The normalized spacial score (nSPS) is 15.5. The van der Waals surface area contributed by atoms with Crippen LogP contribution in [0.2, 0.25) is 0 Å². The van der Waals surface area contributed by atoms with Crippen molar-refractivity contribution >= 4 is 17.3 Å². The summed E-state index contributed by atoms with van der Waals surface area (Å²) in [7, 11) is 1.51. The number of fused-ring (bicyclic) bond motifs is 1. The summed E-state index contributed by atoms with van der Waals surface area (Å²) in [5, 5.41) is 9.15. The highest BCUT2D eigenvalue weighted by Crippen LogP contribution is 2.25. The van der Waals surface area contributed by atoms with E-state index in [0.29, 0.717) is 37.1 Å². The minimum atomic E-state index is -0.673. The Morgan fingerprint density at radius 1 is 1.21 bits per heavy atom. The Morgan fingerprint density at radius 3 is 2.43 bits per heavy atom. The van der Waals surface area contributed by atoms with Gasteiger partial charge in [0.1, 0.15) is 17.4 Å². The van der Waals surface area contributed by atoms with Gasteiger partial charge in [0.25, 0.3) is 0 Å². The molecule has 1 amide bonds. The molecule has 1 saturated heterocycles. The molecule has 1 aliphatic rings. The molecule has 0 N–H and O–H groups in total. The number of aromatic nitrogens is 3. The van der Waals surface area contributed by atoms with Gasteiger partial charge in [0.2, 0.25) is 0 Å². The standard InChI is InChI=1S/C19H23N5O4/c1-19(2,3)28-18(27)23-9-7-13(8-10-23)24-15-14(6-5-12(11-20)21-15)22(4)16(25)17(24)26/h5-6,13H,7-10H2,1-4H3. The number of amides is 1. The van der Waals surface area contributed by atoms with Crippen molar-refractivity contribution in [2.75, 3.05) is 13.1 Å². The summed E-state index contributed by atoms with van der Waals surface area (Å²) in [5.74, 6) is 0. The number of rotatable bonds is 1. The van der Waals surface area contributed by atoms with Crippen LogP contribution in [0.1, 0.15) is 45.3 Å². The second-order valence-corrected chi connectivity index (χ2v) is 7.89. The zero-order valence-electron chi connectivity index (χ0n) is 16.4. The van der Waals surface area contributed by atoms with Crippen LogP contribution in [0.5, 0.6) is 0 Å². The number of nitriles is 1. The van der Waals surface area contributed by atoms with Gasteiger partial charge in [-0.25, -0.2) is 9.78 Å². The lowest BCUT2D eigenvalue weighted by molar-refractivity contribution is 0.0188.